The van der Waals surface area contributed by atoms with Gasteiger partial charge in [-0.2, -0.15) is 0 Å². The lowest BCUT2D eigenvalue weighted by molar-refractivity contribution is -0.150. The number of hydrogen-bond acceptors (Lipinski definition) is 2. The van der Waals surface area contributed by atoms with E-state index in [0.29, 0.717) is 6.61 Å². The second kappa shape index (κ2) is 4.96. The molecule has 0 spiro atoms. The summed E-state index contributed by atoms with van der Waals surface area (Å²) in [5, 5.41) is 0. The quantitative estimate of drug-likeness (QED) is 0.477. The van der Waals surface area contributed by atoms with Crippen LogP contribution in [0.2, 0.25) is 0 Å². The maximum Gasteiger partial charge on any atom is 0.312 e. The lowest BCUT2D eigenvalue weighted by atomic mass is 10.0. The van der Waals surface area contributed by atoms with Crippen LogP contribution in [0, 0.1) is 5.92 Å². The van der Waals surface area contributed by atoms with Gasteiger partial charge in [-0.25, -0.2) is 0 Å². The van der Waals surface area contributed by atoms with E-state index in [2.05, 4.69) is 13.0 Å². The Kier molecular flexibility index (Phi) is 3.85. The fraction of sp³-hybridized carbons (Fsp3) is 0.700. The highest BCUT2D eigenvalue weighted by molar-refractivity contribution is 5.74. The molecular weight excluding hydrogens is 152 g/mol. The third-order valence-electron chi connectivity index (χ3n) is 2.03. The number of allylic oxidation sites excluding steroid dienone is 1. The third kappa shape index (κ3) is 2.68. The van der Waals surface area contributed by atoms with Crippen LogP contribution in [0.3, 0.4) is 0 Å². The maximum atomic E-state index is 11.1. The number of rotatable bonds is 3. The molecule has 68 valence electrons. The van der Waals surface area contributed by atoms with Crippen molar-refractivity contribution in [3.63, 3.8) is 0 Å². The summed E-state index contributed by atoms with van der Waals surface area (Å²) in [5.74, 6) is -0.0149. The van der Waals surface area contributed by atoms with Gasteiger partial charge in [0, 0.05) is 0 Å². The van der Waals surface area contributed by atoms with Gasteiger partial charge in [0.15, 0.2) is 0 Å². The van der Waals surface area contributed by atoms with Crippen LogP contribution in [0.4, 0.5) is 0 Å². The zero-order valence-electron chi connectivity index (χ0n) is 7.58. The Bertz CT molecular complexity index is 173. The summed E-state index contributed by atoms with van der Waals surface area (Å²) in [6.07, 6.45) is 8.23. The minimum absolute atomic E-state index is 0.0327. The maximum absolute atomic E-state index is 11.1. The molecule has 0 aliphatic carbocycles. The lowest BCUT2D eigenvalue weighted by Crippen LogP contribution is -2.22. The second-order valence-corrected chi connectivity index (χ2v) is 3.13. The van der Waals surface area contributed by atoms with Crippen LogP contribution in [0.1, 0.15) is 32.6 Å². The van der Waals surface area contributed by atoms with Crippen LogP contribution in [0.5, 0.6) is 0 Å². The first-order valence-corrected chi connectivity index (χ1v) is 4.68. The van der Waals surface area contributed by atoms with Crippen molar-refractivity contribution >= 4 is 5.97 Å². The van der Waals surface area contributed by atoms with Gasteiger partial charge in [-0.3, -0.25) is 4.79 Å². The van der Waals surface area contributed by atoms with E-state index < -0.39 is 0 Å². The normalized spacial score (nSPS) is 24.4. The molecule has 1 saturated heterocycles. The first-order valence-electron chi connectivity index (χ1n) is 4.68. The van der Waals surface area contributed by atoms with E-state index in [9.17, 15) is 4.79 Å². The van der Waals surface area contributed by atoms with E-state index in [1.807, 2.05) is 6.08 Å². The van der Waals surface area contributed by atoms with Crippen molar-refractivity contribution in [2.75, 3.05) is 6.61 Å². The molecule has 0 saturated carbocycles. The molecule has 1 aliphatic heterocycles. The molecule has 1 aliphatic rings. The average Bonchev–Trinajstić information content (AvgIpc) is 2.09. The van der Waals surface area contributed by atoms with Crippen LogP contribution in [-0.2, 0) is 9.53 Å². The van der Waals surface area contributed by atoms with Crippen LogP contribution in [0.25, 0.3) is 0 Å². The topological polar surface area (TPSA) is 26.3 Å². The monoisotopic (exact) mass is 168 g/mol. The van der Waals surface area contributed by atoms with Crippen LogP contribution >= 0.6 is 0 Å². The van der Waals surface area contributed by atoms with E-state index in [-0.39, 0.29) is 11.9 Å². The average molecular weight is 168 g/mol. The third-order valence-corrected chi connectivity index (χ3v) is 2.03. The predicted octanol–water partition coefficient (Wildman–Crippen LogP) is 2.30. The predicted molar refractivity (Wildman–Crippen MR) is 47.7 cm³/mol. The smallest absolute Gasteiger partial charge is 0.312 e. The summed E-state index contributed by atoms with van der Waals surface area (Å²) in [7, 11) is 0. The molecule has 1 rings (SSSR count). The molecule has 1 unspecified atom stereocenters. The van der Waals surface area contributed by atoms with Gasteiger partial charge in [0.25, 0.3) is 0 Å². The van der Waals surface area contributed by atoms with E-state index >= 15 is 0 Å². The van der Waals surface area contributed by atoms with Crippen LogP contribution < -0.4 is 0 Å². The minimum Gasteiger partial charge on any atom is -0.465 e. The van der Waals surface area contributed by atoms with E-state index in [0.717, 1.165) is 25.7 Å². The van der Waals surface area contributed by atoms with Gasteiger partial charge < -0.3 is 4.74 Å². The summed E-state index contributed by atoms with van der Waals surface area (Å²) in [6, 6.07) is 0. The molecule has 1 heterocycles. The molecule has 0 aromatic rings. The Labute approximate surface area is 73.6 Å². The molecule has 0 aromatic carbocycles. The van der Waals surface area contributed by atoms with Gasteiger partial charge in [-0.15, -0.1) is 0 Å². The fourth-order valence-electron chi connectivity index (χ4n) is 1.30. The van der Waals surface area contributed by atoms with Crippen molar-refractivity contribution in [1.82, 2.24) is 0 Å². The number of carbonyl (C=O) groups excluding carboxylic acids is 1. The highest BCUT2D eigenvalue weighted by atomic mass is 16.5. The summed E-state index contributed by atoms with van der Waals surface area (Å²) in [4.78, 5) is 11.1. The Morgan fingerprint density at radius 3 is 3.17 bits per heavy atom. The number of carbonyl (C=O) groups is 1. The zero-order valence-corrected chi connectivity index (χ0v) is 7.58. The lowest BCUT2D eigenvalue weighted by Gasteiger charge is -2.17. The summed E-state index contributed by atoms with van der Waals surface area (Å²) in [6.45, 7) is 2.74. The number of cyclic esters (lactones) is 1. The number of unbranched alkanes of at least 4 members (excludes halogenated alkanes) is 1. The Morgan fingerprint density at radius 1 is 1.67 bits per heavy atom. The molecule has 2 nitrogen and oxygen atoms in total. The Morgan fingerprint density at radius 2 is 2.50 bits per heavy atom. The molecule has 1 atom stereocenters. The first kappa shape index (κ1) is 9.30. The number of hydrogen-bond donors (Lipinski definition) is 0. The number of ether oxygens (including phenoxy) is 1. The van der Waals surface area contributed by atoms with E-state index in [1.165, 1.54) is 0 Å². The fourth-order valence-corrected chi connectivity index (χ4v) is 1.30. The molecule has 0 bridgehead atoms. The molecule has 1 fully saturated rings. The highest BCUT2D eigenvalue weighted by Gasteiger charge is 2.20. The molecule has 0 amide bonds. The Balaban J connectivity index is 2.33. The minimum atomic E-state index is -0.0476. The van der Waals surface area contributed by atoms with E-state index in [1.54, 1.807) is 0 Å². The molecule has 0 radical (unpaired) electrons. The van der Waals surface area contributed by atoms with Crippen molar-refractivity contribution in [3.8, 4) is 0 Å². The van der Waals surface area contributed by atoms with Gasteiger partial charge in [-0.1, -0.05) is 25.5 Å². The largest absolute Gasteiger partial charge is 0.465 e. The van der Waals surface area contributed by atoms with Crippen molar-refractivity contribution < 1.29 is 9.53 Å². The summed E-state index contributed by atoms with van der Waals surface area (Å²) in [5.41, 5.74) is 0. The van der Waals surface area contributed by atoms with Crippen molar-refractivity contribution in [1.29, 1.82) is 0 Å². The van der Waals surface area contributed by atoms with Crippen LogP contribution in [0.15, 0.2) is 12.2 Å². The van der Waals surface area contributed by atoms with Gasteiger partial charge in [0.05, 0.1) is 12.5 Å². The summed E-state index contributed by atoms with van der Waals surface area (Å²) < 4.78 is 4.93. The summed E-state index contributed by atoms with van der Waals surface area (Å²) >= 11 is 0. The number of esters is 1. The van der Waals surface area contributed by atoms with Crippen molar-refractivity contribution in [2.45, 2.75) is 32.6 Å². The molecule has 12 heavy (non-hydrogen) atoms. The Hall–Kier alpha value is -0.790. The molecule has 0 N–H and O–H groups in total. The van der Waals surface area contributed by atoms with Gasteiger partial charge >= 0.3 is 5.97 Å². The second-order valence-electron chi connectivity index (χ2n) is 3.13. The highest BCUT2D eigenvalue weighted by Crippen LogP contribution is 2.16. The van der Waals surface area contributed by atoms with Crippen LogP contribution in [-0.4, -0.2) is 12.6 Å². The van der Waals surface area contributed by atoms with Crippen molar-refractivity contribution in [3.05, 3.63) is 12.2 Å². The standard InChI is InChI=1S/C10H16O2/c1-2-3-4-6-9-7-5-8-12-10(9)11/h4,6,9H,2-3,5,7-8H2,1H3. The SMILES string of the molecule is CCCC=CC1CCCOC1=O. The molecule has 2 heteroatoms. The first-order chi connectivity index (χ1) is 5.84. The van der Waals surface area contributed by atoms with Crippen molar-refractivity contribution in [2.24, 2.45) is 5.92 Å². The zero-order chi connectivity index (χ0) is 8.81. The van der Waals surface area contributed by atoms with Gasteiger partial charge in [-0.05, 0) is 19.3 Å². The van der Waals surface area contributed by atoms with Gasteiger partial charge in [0.2, 0.25) is 0 Å². The molecule has 0 aromatic heterocycles. The van der Waals surface area contributed by atoms with Gasteiger partial charge in [0.1, 0.15) is 0 Å². The molecular formula is C10H16O2. The van der Waals surface area contributed by atoms with E-state index in [4.69, 9.17) is 4.74 Å².